The Morgan fingerprint density at radius 3 is 1.74 bits per heavy atom. The number of unbranched alkanes of at least 4 members (excludes halogenated alkanes) is 9. The quantitative estimate of drug-likeness (QED) is 0.0248. The zero-order valence-corrected chi connectivity index (χ0v) is 29.5. The van der Waals surface area contributed by atoms with E-state index in [2.05, 4.69) is 72.3 Å². The van der Waals surface area contributed by atoms with Gasteiger partial charge in [0.15, 0.2) is 6.04 Å². The molecule has 0 aromatic heterocycles. The summed E-state index contributed by atoms with van der Waals surface area (Å²) in [4.78, 5) is 45.2. The molecule has 0 saturated heterocycles. The lowest BCUT2D eigenvalue weighted by molar-refractivity contribution is -0.147. The molecule has 0 bridgehead atoms. The fourth-order valence-corrected chi connectivity index (χ4v) is 4.89. The van der Waals surface area contributed by atoms with Gasteiger partial charge in [0.2, 0.25) is 5.91 Å². The summed E-state index contributed by atoms with van der Waals surface area (Å²) < 4.78 is 26.4. The van der Waals surface area contributed by atoms with Crippen LogP contribution in [0.5, 0.6) is 0 Å². The lowest BCUT2D eigenvalue weighted by Gasteiger charge is -2.18. The molecule has 0 rings (SSSR count). The van der Waals surface area contributed by atoms with Crippen molar-refractivity contribution < 1.29 is 47.8 Å². The van der Waals surface area contributed by atoms with E-state index in [1.54, 1.807) is 0 Å². The molecule has 4 N–H and O–H groups in total. The zero-order valence-electron chi connectivity index (χ0n) is 28.6. The number of phosphoric ester groups is 1. The Labute approximate surface area is 282 Å². The first-order valence-electron chi connectivity index (χ1n) is 17.2. The summed E-state index contributed by atoms with van der Waals surface area (Å²) in [6.45, 7) is 2.34. The molecule has 0 aromatic carbocycles. The molecule has 0 aliphatic carbocycles. The number of phosphoric acid groups is 1. The van der Waals surface area contributed by atoms with E-state index in [0.717, 1.165) is 57.8 Å². The highest BCUT2D eigenvalue weighted by molar-refractivity contribution is 7.47. The molecule has 0 heterocycles. The minimum absolute atomic E-state index is 0.106. The average Bonchev–Trinajstić information content (AvgIpc) is 3.04. The van der Waals surface area contributed by atoms with Gasteiger partial charge in [-0.25, -0.2) is 9.36 Å². The maximum Gasteiger partial charge on any atom is 0.472 e. The van der Waals surface area contributed by atoms with Crippen molar-refractivity contribution in [2.75, 3.05) is 19.8 Å². The van der Waals surface area contributed by atoms with E-state index in [9.17, 15) is 34.1 Å². The van der Waals surface area contributed by atoms with Crippen LogP contribution >= 0.6 is 7.82 Å². The van der Waals surface area contributed by atoms with Crippen LogP contribution in [0.15, 0.2) is 48.6 Å². The van der Waals surface area contributed by atoms with Gasteiger partial charge in [0.05, 0.1) is 13.2 Å². The third-order valence-electron chi connectivity index (χ3n) is 6.87. The Morgan fingerprint density at radius 1 is 0.681 bits per heavy atom. The fraction of sp³-hybridized carbons (Fsp3) is 0.686. The minimum atomic E-state index is -4.74. The number of ether oxygens (including phenoxy) is 1. The number of aliphatic carboxylic acids is 1. The van der Waals surface area contributed by atoms with E-state index >= 15 is 0 Å². The van der Waals surface area contributed by atoms with Gasteiger partial charge < -0.3 is 25.2 Å². The van der Waals surface area contributed by atoms with Crippen molar-refractivity contribution in [3.05, 3.63) is 48.6 Å². The first-order chi connectivity index (χ1) is 22.6. The molecule has 0 aliphatic rings. The first kappa shape index (κ1) is 44.4. The van der Waals surface area contributed by atoms with Gasteiger partial charge in [-0.15, -0.1) is 0 Å². The SMILES string of the molecule is CCCCC/C=C\C/C=C\C/C=C\C/C=C\CCCCCC(=O)NC(COP(=O)(O)OCC(O)COC(=O)CCCCCC)C(=O)O. The van der Waals surface area contributed by atoms with E-state index < -0.39 is 57.6 Å². The normalized spacial score (nSPS) is 14.6. The summed E-state index contributed by atoms with van der Waals surface area (Å²) in [7, 11) is -4.74. The van der Waals surface area contributed by atoms with Gasteiger partial charge >= 0.3 is 19.8 Å². The van der Waals surface area contributed by atoms with Gasteiger partial charge in [-0.2, -0.15) is 0 Å². The van der Waals surface area contributed by atoms with Crippen molar-refractivity contribution in [3.8, 4) is 0 Å². The number of carboxylic acids is 1. The van der Waals surface area contributed by atoms with Gasteiger partial charge in [-0.05, 0) is 57.8 Å². The molecule has 0 aliphatic heterocycles. The third kappa shape index (κ3) is 30.5. The lowest BCUT2D eigenvalue weighted by Crippen LogP contribution is -2.43. The summed E-state index contributed by atoms with van der Waals surface area (Å²) in [5.74, 6) is -2.45. The molecular formula is C35H60NO10P. The molecule has 0 spiro atoms. The smallest absolute Gasteiger partial charge is 0.472 e. The largest absolute Gasteiger partial charge is 0.480 e. The van der Waals surface area contributed by atoms with E-state index in [1.807, 2.05) is 0 Å². The predicted octanol–water partition coefficient (Wildman–Crippen LogP) is 7.49. The second-order valence-electron chi connectivity index (χ2n) is 11.4. The number of carbonyl (C=O) groups is 3. The maximum absolute atomic E-state index is 12.2. The first-order valence-corrected chi connectivity index (χ1v) is 18.7. The summed E-state index contributed by atoms with van der Waals surface area (Å²) in [6.07, 6.45) is 30.8. The third-order valence-corrected chi connectivity index (χ3v) is 7.82. The van der Waals surface area contributed by atoms with E-state index in [4.69, 9.17) is 9.26 Å². The number of hydrogen-bond donors (Lipinski definition) is 4. The number of nitrogens with one attached hydrogen (secondary N) is 1. The second-order valence-corrected chi connectivity index (χ2v) is 12.8. The van der Waals surface area contributed by atoms with Crippen LogP contribution in [0, 0.1) is 0 Å². The van der Waals surface area contributed by atoms with E-state index in [-0.39, 0.29) is 12.8 Å². The highest BCUT2D eigenvalue weighted by Crippen LogP contribution is 2.43. The predicted molar refractivity (Wildman–Crippen MR) is 185 cm³/mol. The van der Waals surface area contributed by atoms with Crippen molar-refractivity contribution in [2.24, 2.45) is 0 Å². The van der Waals surface area contributed by atoms with Gasteiger partial charge in [-0.3, -0.25) is 18.6 Å². The zero-order chi connectivity index (χ0) is 35.0. The number of allylic oxidation sites excluding steroid dienone is 8. The van der Waals surface area contributed by atoms with E-state index in [0.29, 0.717) is 12.8 Å². The number of rotatable bonds is 31. The van der Waals surface area contributed by atoms with Crippen LogP contribution < -0.4 is 5.32 Å². The average molecular weight is 686 g/mol. The Bertz CT molecular complexity index is 995. The van der Waals surface area contributed by atoms with Gasteiger partial charge in [0.25, 0.3) is 0 Å². The number of carbonyl (C=O) groups excluding carboxylic acids is 2. The summed E-state index contributed by atoms with van der Waals surface area (Å²) in [6, 6.07) is -1.56. The standard InChI is InChI=1S/C35H60NO10P/c1-3-5-7-9-10-11-12-13-14-15-16-17-18-19-20-21-22-23-24-26-33(38)36-32(35(40)41)30-46-47(42,43)45-29-31(37)28-44-34(39)27-25-8-6-4-2/h10-11,13-14,16-17,19-20,31-32,37H,3-9,12,15,18,21-30H2,1-2H3,(H,36,38)(H,40,41)(H,42,43)/b11-10-,14-13-,17-16-,20-19-. The van der Waals surface area contributed by atoms with Crippen LogP contribution in [0.25, 0.3) is 0 Å². The second kappa shape index (κ2) is 30.8. The Hall–Kier alpha value is -2.56. The lowest BCUT2D eigenvalue weighted by atomic mass is 10.1. The summed E-state index contributed by atoms with van der Waals surface area (Å²) >= 11 is 0. The maximum atomic E-state index is 12.2. The van der Waals surface area contributed by atoms with Crippen LogP contribution in [0.4, 0.5) is 0 Å². The molecular weight excluding hydrogens is 625 g/mol. The molecule has 11 nitrogen and oxygen atoms in total. The topological polar surface area (TPSA) is 169 Å². The van der Waals surface area contributed by atoms with Crippen LogP contribution in [-0.2, 0) is 32.7 Å². The number of carboxylic acid groups (broad SMARTS) is 1. The van der Waals surface area contributed by atoms with E-state index in [1.165, 1.54) is 25.7 Å². The summed E-state index contributed by atoms with van der Waals surface area (Å²) in [5.41, 5.74) is 0. The number of aliphatic hydroxyl groups is 1. The molecule has 1 amide bonds. The van der Waals surface area contributed by atoms with Gasteiger partial charge in [-0.1, -0.05) is 101 Å². The van der Waals surface area contributed by atoms with Crippen LogP contribution in [0.3, 0.4) is 0 Å². The number of amides is 1. The van der Waals surface area contributed by atoms with Crippen molar-refractivity contribution in [3.63, 3.8) is 0 Å². The molecule has 3 atom stereocenters. The van der Waals surface area contributed by atoms with Crippen molar-refractivity contribution in [1.29, 1.82) is 0 Å². The van der Waals surface area contributed by atoms with Crippen LogP contribution in [0.1, 0.15) is 123 Å². The molecule has 270 valence electrons. The molecule has 0 radical (unpaired) electrons. The molecule has 0 aromatic rings. The Morgan fingerprint density at radius 2 is 1.17 bits per heavy atom. The summed E-state index contributed by atoms with van der Waals surface area (Å²) in [5, 5.41) is 21.5. The molecule has 0 saturated carbocycles. The Balaban J connectivity index is 4.06. The van der Waals surface area contributed by atoms with Crippen LogP contribution in [-0.4, -0.2) is 64.9 Å². The molecule has 47 heavy (non-hydrogen) atoms. The number of aliphatic hydroxyl groups excluding tert-OH is 1. The molecule has 12 heteroatoms. The fourth-order valence-electron chi connectivity index (χ4n) is 4.12. The number of esters is 1. The van der Waals surface area contributed by atoms with Gasteiger partial charge in [0, 0.05) is 12.8 Å². The van der Waals surface area contributed by atoms with Crippen molar-refractivity contribution in [2.45, 2.75) is 135 Å². The minimum Gasteiger partial charge on any atom is -0.480 e. The van der Waals surface area contributed by atoms with Crippen molar-refractivity contribution in [1.82, 2.24) is 5.32 Å². The monoisotopic (exact) mass is 685 g/mol. The number of hydrogen-bond acceptors (Lipinski definition) is 8. The molecule has 3 unspecified atom stereocenters. The Kier molecular flexibility index (Phi) is 29.1. The highest BCUT2D eigenvalue weighted by Gasteiger charge is 2.28. The highest BCUT2D eigenvalue weighted by atomic mass is 31.2. The van der Waals surface area contributed by atoms with Crippen LogP contribution in [0.2, 0.25) is 0 Å². The van der Waals surface area contributed by atoms with Crippen molar-refractivity contribution >= 4 is 25.7 Å². The molecule has 0 fully saturated rings. The van der Waals surface area contributed by atoms with Gasteiger partial charge in [0.1, 0.15) is 12.7 Å².